The Kier molecular flexibility index (Phi) is 5.24. The molecule has 26 heavy (non-hydrogen) atoms. The van der Waals surface area contributed by atoms with Gasteiger partial charge in [-0.15, -0.1) is 0 Å². The average Bonchev–Trinajstić information content (AvgIpc) is 3.21. The van der Waals surface area contributed by atoms with Crippen LogP contribution in [-0.4, -0.2) is 74.1 Å². The van der Waals surface area contributed by atoms with E-state index < -0.39 is 0 Å². The van der Waals surface area contributed by atoms with Crippen molar-refractivity contribution >= 4 is 12.0 Å². The fraction of sp³-hybridized carbons (Fsp3) is 0.529. The van der Waals surface area contributed by atoms with E-state index in [1.165, 1.54) is 0 Å². The van der Waals surface area contributed by atoms with Crippen LogP contribution < -0.4 is 0 Å². The Morgan fingerprint density at radius 3 is 2.42 bits per heavy atom. The third kappa shape index (κ3) is 3.87. The van der Waals surface area contributed by atoms with Gasteiger partial charge in [-0.25, -0.2) is 9.48 Å². The second kappa shape index (κ2) is 7.59. The molecule has 0 saturated carbocycles. The number of amides is 2. The van der Waals surface area contributed by atoms with Crippen molar-refractivity contribution in [3.05, 3.63) is 35.4 Å². The van der Waals surface area contributed by atoms with Crippen LogP contribution >= 0.6 is 0 Å². The van der Waals surface area contributed by atoms with Gasteiger partial charge in [-0.1, -0.05) is 0 Å². The van der Waals surface area contributed by atoms with Crippen molar-refractivity contribution in [1.82, 2.24) is 29.4 Å². The molecule has 0 aliphatic carbocycles. The molecule has 0 atom stereocenters. The molecule has 2 amide bonds. The zero-order valence-electron chi connectivity index (χ0n) is 15.4. The number of carbonyl (C=O) groups is 2. The Hall–Kier alpha value is -2.84. The SMILES string of the molecule is CCOC(=O)N1CCN(C(=O)c2ccn(Cn3nc(C)cc3C)n2)CC1. The molecular weight excluding hydrogens is 336 g/mol. The summed E-state index contributed by atoms with van der Waals surface area (Å²) < 4.78 is 8.53. The van der Waals surface area contributed by atoms with Crippen LogP contribution in [0.4, 0.5) is 4.79 Å². The highest BCUT2D eigenvalue weighted by atomic mass is 16.6. The predicted octanol–water partition coefficient (Wildman–Crippen LogP) is 1.12. The van der Waals surface area contributed by atoms with Gasteiger partial charge in [0.2, 0.25) is 0 Å². The van der Waals surface area contributed by atoms with E-state index in [2.05, 4.69) is 10.2 Å². The second-order valence-electron chi connectivity index (χ2n) is 6.29. The first-order valence-electron chi connectivity index (χ1n) is 8.73. The fourth-order valence-electron chi connectivity index (χ4n) is 2.98. The molecule has 3 rings (SSSR count). The minimum Gasteiger partial charge on any atom is -0.450 e. The van der Waals surface area contributed by atoms with Gasteiger partial charge >= 0.3 is 6.09 Å². The first-order chi connectivity index (χ1) is 12.5. The first kappa shape index (κ1) is 18.0. The van der Waals surface area contributed by atoms with Crippen molar-refractivity contribution in [3.63, 3.8) is 0 Å². The highest BCUT2D eigenvalue weighted by Crippen LogP contribution is 2.09. The smallest absolute Gasteiger partial charge is 0.409 e. The lowest BCUT2D eigenvalue weighted by atomic mass is 10.3. The van der Waals surface area contributed by atoms with Gasteiger partial charge in [0.25, 0.3) is 5.91 Å². The zero-order chi connectivity index (χ0) is 18.7. The lowest BCUT2D eigenvalue weighted by molar-refractivity contribution is 0.0565. The van der Waals surface area contributed by atoms with Crippen molar-refractivity contribution in [2.45, 2.75) is 27.4 Å². The van der Waals surface area contributed by atoms with E-state index in [-0.39, 0.29) is 12.0 Å². The molecule has 3 heterocycles. The van der Waals surface area contributed by atoms with Crippen LogP contribution in [0.1, 0.15) is 28.8 Å². The number of rotatable bonds is 4. The summed E-state index contributed by atoms with van der Waals surface area (Å²) in [5.74, 6) is -0.124. The molecule has 2 aromatic heterocycles. The molecule has 9 nitrogen and oxygen atoms in total. The third-order valence-electron chi connectivity index (χ3n) is 4.33. The summed E-state index contributed by atoms with van der Waals surface area (Å²) in [6.07, 6.45) is 1.45. The van der Waals surface area contributed by atoms with Crippen LogP contribution in [0.15, 0.2) is 18.3 Å². The second-order valence-corrected chi connectivity index (χ2v) is 6.29. The van der Waals surface area contributed by atoms with Gasteiger partial charge in [-0.2, -0.15) is 10.2 Å². The number of hydrogen-bond donors (Lipinski definition) is 0. The maximum absolute atomic E-state index is 12.6. The molecule has 0 bridgehead atoms. The molecule has 0 spiro atoms. The van der Waals surface area contributed by atoms with Crippen molar-refractivity contribution in [1.29, 1.82) is 0 Å². The number of aryl methyl sites for hydroxylation is 2. The standard InChI is InChI=1S/C17H24N6O3/c1-4-26-17(25)21-9-7-20(8-10-21)16(24)15-5-6-22(19-15)12-23-14(3)11-13(2)18-23/h5-6,11H,4,7-10,12H2,1-3H3. The Bertz CT molecular complexity index is 788. The van der Waals surface area contributed by atoms with Crippen LogP contribution in [0.25, 0.3) is 0 Å². The van der Waals surface area contributed by atoms with Crippen LogP contribution in [0.5, 0.6) is 0 Å². The highest BCUT2D eigenvalue weighted by Gasteiger charge is 2.26. The maximum atomic E-state index is 12.6. The van der Waals surface area contributed by atoms with Gasteiger partial charge in [0.1, 0.15) is 12.4 Å². The molecule has 9 heteroatoms. The Morgan fingerprint density at radius 2 is 1.81 bits per heavy atom. The lowest BCUT2D eigenvalue weighted by Gasteiger charge is -2.33. The summed E-state index contributed by atoms with van der Waals surface area (Å²) in [4.78, 5) is 27.7. The number of hydrogen-bond acceptors (Lipinski definition) is 5. The third-order valence-corrected chi connectivity index (χ3v) is 4.33. The number of ether oxygens (including phenoxy) is 1. The van der Waals surface area contributed by atoms with Crippen molar-refractivity contribution < 1.29 is 14.3 Å². The van der Waals surface area contributed by atoms with E-state index in [0.717, 1.165) is 11.4 Å². The van der Waals surface area contributed by atoms with E-state index in [0.29, 0.717) is 45.1 Å². The first-order valence-corrected chi connectivity index (χ1v) is 8.73. The maximum Gasteiger partial charge on any atom is 0.409 e. The van der Waals surface area contributed by atoms with Gasteiger partial charge in [0.15, 0.2) is 0 Å². The summed E-state index contributed by atoms with van der Waals surface area (Å²) in [7, 11) is 0. The summed E-state index contributed by atoms with van der Waals surface area (Å²) in [6.45, 7) is 8.41. The molecular formula is C17H24N6O3. The largest absolute Gasteiger partial charge is 0.450 e. The Morgan fingerprint density at radius 1 is 1.12 bits per heavy atom. The average molecular weight is 360 g/mol. The van der Waals surface area contributed by atoms with E-state index in [9.17, 15) is 9.59 Å². The summed E-state index contributed by atoms with van der Waals surface area (Å²) in [5.41, 5.74) is 2.39. The van der Waals surface area contributed by atoms with E-state index >= 15 is 0 Å². The molecule has 1 aliphatic rings. The monoisotopic (exact) mass is 360 g/mol. The molecule has 1 aliphatic heterocycles. The summed E-state index contributed by atoms with van der Waals surface area (Å²) in [5, 5.41) is 8.77. The summed E-state index contributed by atoms with van der Waals surface area (Å²) in [6, 6.07) is 3.71. The minimum absolute atomic E-state index is 0.124. The van der Waals surface area contributed by atoms with Gasteiger partial charge < -0.3 is 14.5 Å². The normalized spacial score (nSPS) is 14.6. The Labute approximate surface area is 152 Å². The van der Waals surface area contributed by atoms with Crippen molar-refractivity contribution in [3.8, 4) is 0 Å². The van der Waals surface area contributed by atoms with Crippen LogP contribution in [0.3, 0.4) is 0 Å². The van der Waals surface area contributed by atoms with Gasteiger partial charge in [0.05, 0.1) is 12.3 Å². The number of nitrogens with zero attached hydrogens (tertiary/aromatic N) is 6. The fourth-order valence-corrected chi connectivity index (χ4v) is 2.98. The van der Waals surface area contributed by atoms with E-state index in [1.807, 2.05) is 24.6 Å². The molecule has 0 radical (unpaired) electrons. The van der Waals surface area contributed by atoms with Crippen LogP contribution in [0, 0.1) is 13.8 Å². The van der Waals surface area contributed by atoms with Crippen LogP contribution in [0.2, 0.25) is 0 Å². The summed E-state index contributed by atoms with van der Waals surface area (Å²) >= 11 is 0. The van der Waals surface area contributed by atoms with Crippen molar-refractivity contribution in [2.75, 3.05) is 32.8 Å². The number of carbonyl (C=O) groups excluding carboxylic acids is 2. The topological polar surface area (TPSA) is 85.5 Å². The lowest BCUT2D eigenvalue weighted by Crippen LogP contribution is -2.50. The highest BCUT2D eigenvalue weighted by molar-refractivity contribution is 5.92. The van der Waals surface area contributed by atoms with Gasteiger partial charge in [-0.05, 0) is 32.9 Å². The van der Waals surface area contributed by atoms with Crippen LogP contribution in [-0.2, 0) is 11.4 Å². The molecule has 1 fully saturated rings. The Balaban J connectivity index is 1.58. The molecule has 2 aromatic rings. The molecule has 0 N–H and O–H groups in total. The molecule has 140 valence electrons. The predicted molar refractivity (Wildman–Crippen MR) is 93.8 cm³/mol. The zero-order valence-corrected chi connectivity index (χ0v) is 15.4. The molecule has 1 saturated heterocycles. The van der Waals surface area contributed by atoms with Crippen molar-refractivity contribution in [2.24, 2.45) is 0 Å². The quantitative estimate of drug-likeness (QED) is 0.815. The number of aromatic nitrogens is 4. The van der Waals surface area contributed by atoms with Gasteiger partial charge in [0, 0.05) is 38.1 Å². The molecule has 0 unspecified atom stereocenters. The number of piperazine rings is 1. The van der Waals surface area contributed by atoms with E-state index in [4.69, 9.17) is 4.74 Å². The van der Waals surface area contributed by atoms with E-state index in [1.54, 1.807) is 33.7 Å². The molecule has 0 aromatic carbocycles. The van der Waals surface area contributed by atoms with Gasteiger partial charge in [-0.3, -0.25) is 9.48 Å². The minimum atomic E-state index is -0.325.